The highest BCUT2D eigenvalue weighted by Crippen LogP contribution is 2.18. The molecule has 7 nitrogen and oxygen atoms in total. The normalized spacial score (nSPS) is 12.3. The topological polar surface area (TPSA) is 108 Å². The predicted octanol–water partition coefficient (Wildman–Crippen LogP) is 2.92. The average molecular weight is 366 g/mol. The summed E-state index contributed by atoms with van der Waals surface area (Å²) < 4.78 is 5.48. The summed E-state index contributed by atoms with van der Waals surface area (Å²) in [6.07, 6.45) is 1.83. The summed E-state index contributed by atoms with van der Waals surface area (Å²) in [6.45, 7) is 3.98. The molecule has 0 aromatic heterocycles. The van der Waals surface area contributed by atoms with Gasteiger partial charge in [0.25, 0.3) is 0 Å². The first-order valence-electron chi connectivity index (χ1n) is 8.93. The third-order valence-electron chi connectivity index (χ3n) is 4.02. The van der Waals surface area contributed by atoms with Crippen LogP contribution in [0.3, 0.4) is 0 Å². The summed E-state index contributed by atoms with van der Waals surface area (Å²) in [5.41, 5.74) is 0.644. The number of amides is 2. The smallest absolute Gasteiger partial charge is 0.407 e. The lowest BCUT2D eigenvalue weighted by Crippen LogP contribution is -2.37. The molecule has 1 aromatic carbocycles. The molecule has 146 valence electrons. The zero-order valence-electron chi connectivity index (χ0n) is 15.5. The minimum absolute atomic E-state index is 0.239. The Labute approximate surface area is 154 Å². The molecule has 0 saturated carbocycles. The van der Waals surface area contributed by atoms with E-state index in [2.05, 4.69) is 22.8 Å². The molecule has 0 aliphatic carbocycles. The Kier molecular flexibility index (Phi) is 9.51. The van der Waals surface area contributed by atoms with Gasteiger partial charge in [-0.3, -0.25) is 0 Å². The van der Waals surface area contributed by atoms with Gasteiger partial charge in [-0.25, -0.2) is 9.59 Å². The summed E-state index contributed by atoms with van der Waals surface area (Å²) in [7, 11) is 0. The second-order valence-corrected chi connectivity index (χ2v) is 6.89. The van der Waals surface area contributed by atoms with E-state index in [1.165, 1.54) is 5.56 Å². The molecule has 1 aromatic rings. The van der Waals surface area contributed by atoms with E-state index in [9.17, 15) is 9.59 Å². The Morgan fingerprint density at radius 2 is 1.88 bits per heavy atom. The van der Waals surface area contributed by atoms with E-state index >= 15 is 0 Å². The maximum atomic E-state index is 11.9. The fourth-order valence-corrected chi connectivity index (χ4v) is 2.52. The molecule has 4 N–H and O–H groups in total. The van der Waals surface area contributed by atoms with Gasteiger partial charge in [0.1, 0.15) is 5.60 Å². The van der Waals surface area contributed by atoms with Crippen LogP contribution < -0.4 is 10.6 Å². The van der Waals surface area contributed by atoms with E-state index < -0.39 is 23.8 Å². The van der Waals surface area contributed by atoms with E-state index in [0.717, 1.165) is 12.8 Å². The molecule has 1 atom stereocenters. The Balaban J connectivity index is 2.19. The Morgan fingerprint density at radius 1 is 1.19 bits per heavy atom. The van der Waals surface area contributed by atoms with E-state index in [1.54, 1.807) is 0 Å². The van der Waals surface area contributed by atoms with Crippen molar-refractivity contribution in [2.24, 2.45) is 0 Å². The van der Waals surface area contributed by atoms with Gasteiger partial charge in [0, 0.05) is 6.54 Å². The number of carbonyl (C=O) groups is 2. The van der Waals surface area contributed by atoms with Crippen LogP contribution >= 0.6 is 0 Å². The highest BCUT2D eigenvalue weighted by Gasteiger charge is 2.22. The molecule has 26 heavy (non-hydrogen) atoms. The first kappa shape index (κ1) is 21.8. The number of rotatable bonds is 11. The Bertz CT molecular complexity index is 548. The summed E-state index contributed by atoms with van der Waals surface area (Å²) in [5, 5.41) is 22.6. The fourth-order valence-electron chi connectivity index (χ4n) is 2.52. The molecule has 1 rings (SSSR count). The number of unbranched alkanes of at least 4 members (excludes halogenated alkanes) is 1. The molecule has 0 saturated heterocycles. The van der Waals surface area contributed by atoms with Gasteiger partial charge in [-0.15, -0.1) is 0 Å². The molecule has 7 heteroatoms. The van der Waals surface area contributed by atoms with Crippen molar-refractivity contribution in [3.05, 3.63) is 35.9 Å². The monoisotopic (exact) mass is 366 g/mol. The van der Waals surface area contributed by atoms with Crippen LogP contribution in [0, 0.1) is 0 Å². The maximum Gasteiger partial charge on any atom is 0.407 e. The number of aryl methyl sites for hydroxylation is 1. The minimum atomic E-state index is -1.15. The van der Waals surface area contributed by atoms with Crippen LogP contribution in [0.15, 0.2) is 30.3 Å². The summed E-state index contributed by atoms with van der Waals surface area (Å²) in [5.74, 6) is 0. The number of alkyl carbamates (subject to hydrolysis) is 1. The predicted molar refractivity (Wildman–Crippen MR) is 99.2 cm³/mol. The van der Waals surface area contributed by atoms with Crippen molar-refractivity contribution in [1.82, 2.24) is 10.6 Å². The number of nitrogens with one attached hydrogen (secondary N) is 2. The molecular formula is C19H30N2O5. The summed E-state index contributed by atoms with van der Waals surface area (Å²) >= 11 is 0. The van der Waals surface area contributed by atoms with Crippen molar-refractivity contribution in [1.29, 1.82) is 0 Å². The van der Waals surface area contributed by atoms with Crippen molar-refractivity contribution < 1.29 is 24.5 Å². The number of hydrogen-bond donors (Lipinski definition) is 4. The highest BCUT2D eigenvalue weighted by atomic mass is 16.6. The maximum absolute atomic E-state index is 11.9. The summed E-state index contributed by atoms with van der Waals surface area (Å²) in [4.78, 5) is 22.4. The lowest BCUT2D eigenvalue weighted by atomic mass is 9.99. The molecular weight excluding hydrogens is 336 g/mol. The van der Waals surface area contributed by atoms with E-state index in [-0.39, 0.29) is 6.61 Å². The van der Waals surface area contributed by atoms with Crippen LogP contribution in [0.5, 0.6) is 0 Å². The van der Waals surface area contributed by atoms with E-state index in [0.29, 0.717) is 25.8 Å². The Morgan fingerprint density at radius 3 is 2.50 bits per heavy atom. The second-order valence-electron chi connectivity index (χ2n) is 6.89. The third-order valence-corrected chi connectivity index (χ3v) is 4.02. The van der Waals surface area contributed by atoms with Crippen molar-refractivity contribution in [2.75, 3.05) is 13.2 Å². The van der Waals surface area contributed by atoms with Crippen LogP contribution in [-0.4, -0.2) is 47.2 Å². The summed E-state index contributed by atoms with van der Waals surface area (Å²) in [6, 6.07) is 9.58. The number of hydrogen-bond acceptors (Lipinski definition) is 4. The molecule has 1 unspecified atom stereocenters. The van der Waals surface area contributed by atoms with Gasteiger partial charge in [0.15, 0.2) is 0 Å². The van der Waals surface area contributed by atoms with Gasteiger partial charge in [-0.1, -0.05) is 30.3 Å². The lowest BCUT2D eigenvalue weighted by molar-refractivity contribution is 0.0330. The highest BCUT2D eigenvalue weighted by molar-refractivity contribution is 5.67. The van der Waals surface area contributed by atoms with Crippen molar-refractivity contribution in [3.8, 4) is 0 Å². The van der Waals surface area contributed by atoms with Crippen molar-refractivity contribution in [3.63, 3.8) is 0 Å². The molecule has 0 heterocycles. The van der Waals surface area contributed by atoms with Crippen molar-refractivity contribution >= 4 is 12.2 Å². The molecule has 0 aliphatic rings. The first-order valence-corrected chi connectivity index (χ1v) is 8.93. The zero-order chi connectivity index (χ0) is 19.4. The van der Waals surface area contributed by atoms with Crippen LogP contribution in [0.25, 0.3) is 0 Å². The van der Waals surface area contributed by atoms with Crippen LogP contribution in [0.4, 0.5) is 9.59 Å². The zero-order valence-corrected chi connectivity index (χ0v) is 15.5. The van der Waals surface area contributed by atoms with Gasteiger partial charge < -0.3 is 25.6 Å². The largest absolute Gasteiger partial charge is 0.465 e. The number of benzene rings is 1. The van der Waals surface area contributed by atoms with Crippen LogP contribution in [0.2, 0.25) is 0 Å². The SMILES string of the molecule is CC(C)(CCc1ccccc1)OC(=O)NCCCCC(CO)NC(=O)O. The molecule has 0 aliphatic heterocycles. The van der Waals surface area contributed by atoms with Crippen LogP contribution in [-0.2, 0) is 11.2 Å². The fraction of sp³-hybridized carbons (Fsp3) is 0.579. The van der Waals surface area contributed by atoms with Gasteiger partial charge in [-0.2, -0.15) is 0 Å². The molecule has 0 bridgehead atoms. The molecule has 0 spiro atoms. The Hall–Kier alpha value is -2.28. The number of aliphatic hydroxyl groups excluding tert-OH is 1. The number of carboxylic acid groups (broad SMARTS) is 1. The standard InChI is InChI=1S/C19H30N2O5/c1-19(2,12-11-15-8-4-3-5-9-15)26-18(25)20-13-7-6-10-16(14-22)21-17(23)24/h3-5,8-9,16,21-22H,6-7,10-14H2,1-2H3,(H,20,25)(H,23,24). The number of aliphatic hydroxyl groups is 1. The number of carbonyl (C=O) groups excluding carboxylic acids is 1. The third kappa shape index (κ3) is 9.88. The van der Waals surface area contributed by atoms with Gasteiger partial charge in [-0.05, 0) is 51.5 Å². The van der Waals surface area contributed by atoms with Crippen molar-refractivity contribution in [2.45, 2.75) is 57.6 Å². The average Bonchev–Trinajstić information content (AvgIpc) is 2.59. The molecule has 0 radical (unpaired) electrons. The number of ether oxygens (including phenoxy) is 1. The van der Waals surface area contributed by atoms with E-state index in [1.807, 2.05) is 32.0 Å². The minimum Gasteiger partial charge on any atom is -0.465 e. The van der Waals surface area contributed by atoms with E-state index in [4.69, 9.17) is 14.9 Å². The lowest BCUT2D eigenvalue weighted by Gasteiger charge is -2.25. The van der Waals surface area contributed by atoms with Crippen LogP contribution in [0.1, 0.15) is 45.1 Å². The molecule has 2 amide bonds. The van der Waals surface area contributed by atoms with Gasteiger partial charge in [0.2, 0.25) is 0 Å². The molecule has 0 fully saturated rings. The van der Waals surface area contributed by atoms with Gasteiger partial charge >= 0.3 is 12.2 Å². The second kappa shape index (κ2) is 11.4. The quantitative estimate of drug-likeness (QED) is 0.450. The van der Waals surface area contributed by atoms with Gasteiger partial charge in [0.05, 0.1) is 12.6 Å². The first-order chi connectivity index (χ1) is 12.3.